The standard InChI is InChI=1S/C11H14ClN/c1-7-3-4-11-9(5-7)10(12)6-8(2)13-11/h6-7H,3-5H2,1-2H3. The minimum absolute atomic E-state index is 0.759. The summed E-state index contributed by atoms with van der Waals surface area (Å²) in [6.45, 7) is 4.28. The van der Waals surface area contributed by atoms with E-state index < -0.39 is 0 Å². The second-order valence-electron chi connectivity index (χ2n) is 4.02. The molecular weight excluding hydrogens is 182 g/mol. The summed E-state index contributed by atoms with van der Waals surface area (Å²) in [5.41, 5.74) is 3.55. The molecule has 1 aliphatic rings. The van der Waals surface area contributed by atoms with Crippen LogP contribution < -0.4 is 0 Å². The van der Waals surface area contributed by atoms with Crippen LogP contribution in [0, 0.1) is 12.8 Å². The number of hydrogen-bond acceptors (Lipinski definition) is 1. The molecule has 1 aromatic rings. The molecule has 0 aliphatic heterocycles. The molecule has 2 heteroatoms. The topological polar surface area (TPSA) is 12.9 Å². The highest BCUT2D eigenvalue weighted by Gasteiger charge is 2.18. The third-order valence-electron chi connectivity index (χ3n) is 2.71. The Morgan fingerprint density at radius 3 is 3.08 bits per heavy atom. The summed E-state index contributed by atoms with van der Waals surface area (Å²) >= 11 is 6.17. The van der Waals surface area contributed by atoms with Crippen molar-refractivity contribution in [2.24, 2.45) is 5.92 Å². The number of aryl methyl sites for hydroxylation is 2. The highest BCUT2D eigenvalue weighted by molar-refractivity contribution is 6.31. The second kappa shape index (κ2) is 3.30. The first-order chi connectivity index (χ1) is 6.16. The average Bonchev–Trinajstić information content (AvgIpc) is 2.06. The maximum Gasteiger partial charge on any atom is 0.0474 e. The van der Waals surface area contributed by atoms with Crippen molar-refractivity contribution >= 4 is 11.6 Å². The first-order valence-corrected chi connectivity index (χ1v) is 5.19. The fraction of sp³-hybridized carbons (Fsp3) is 0.545. The van der Waals surface area contributed by atoms with E-state index in [9.17, 15) is 0 Å². The van der Waals surface area contributed by atoms with E-state index in [1.807, 2.05) is 13.0 Å². The van der Waals surface area contributed by atoms with Gasteiger partial charge in [-0.05, 0) is 43.7 Å². The fourth-order valence-electron chi connectivity index (χ4n) is 1.98. The molecule has 0 saturated carbocycles. The minimum Gasteiger partial charge on any atom is -0.258 e. The highest BCUT2D eigenvalue weighted by atomic mass is 35.5. The Morgan fingerprint density at radius 2 is 2.31 bits per heavy atom. The molecule has 0 spiro atoms. The molecule has 0 N–H and O–H groups in total. The van der Waals surface area contributed by atoms with E-state index in [1.54, 1.807) is 0 Å². The number of halogens is 1. The maximum atomic E-state index is 6.17. The van der Waals surface area contributed by atoms with Gasteiger partial charge in [-0.25, -0.2) is 0 Å². The van der Waals surface area contributed by atoms with E-state index in [4.69, 9.17) is 11.6 Å². The zero-order chi connectivity index (χ0) is 9.42. The molecule has 0 radical (unpaired) electrons. The lowest BCUT2D eigenvalue weighted by atomic mass is 9.88. The van der Waals surface area contributed by atoms with E-state index in [1.165, 1.54) is 17.7 Å². The van der Waals surface area contributed by atoms with Crippen molar-refractivity contribution in [3.63, 3.8) is 0 Å². The molecule has 0 saturated heterocycles. The van der Waals surface area contributed by atoms with Crippen LogP contribution in [-0.2, 0) is 12.8 Å². The van der Waals surface area contributed by atoms with E-state index in [0.717, 1.165) is 29.5 Å². The van der Waals surface area contributed by atoms with Crippen LogP contribution in [0.3, 0.4) is 0 Å². The van der Waals surface area contributed by atoms with Gasteiger partial charge in [0.2, 0.25) is 0 Å². The normalized spacial score (nSPS) is 21.3. The van der Waals surface area contributed by atoms with Crippen LogP contribution in [0.25, 0.3) is 0 Å². The van der Waals surface area contributed by atoms with Crippen molar-refractivity contribution < 1.29 is 0 Å². The monoisotopic (exact) mass is 195 g/mol. The van der Waals surface area contributed by atoms with Gasteiger partial charge in [-0.2, -0.15) is 0 Å². The number of pyridine rings is 1. The second-order valence-corrected chi connectivity index (χ2v) is 4.43. The molecular formula is C11H14ClN. The summed E-state index contributed by atoms with van der Waals surface area (Å²) in [4.78, 5) is 4.52. The summed E-state index contributed by atoms with van der Waals surface area (Å²) in [5, 5.41) is 0.911. The molecule has 1 aliphatic carbocycles. The quantitative estimate of drug-likeness (QED) is 0.620. The molecule has 70 valence electrons. The Morgan fingerprint density at radius 1 is 1.54 bits per heavy atom. The predicted molar refractivity (Wildman–Crippen MR) is 55.2 cm³/mol. The van der Waals surface area contributed by atoms with Gasteiger partial charge in [0.05, 0.1) is 0 Å². The molecule has 0 aromatic carbocycles. The van der Waals surface area contributed by atoms with Gasteiger partial charge in [0.1, 0.15) is 0 Å². The summed E-state index contributed by atoms with van der Waals surface area (Å²) in [6, 6.07) is 1.97. The van der Waals surface area contributed by atoms with Gasteiger partial charge in [-0.15, -0.1) is 0 Å². The Labute approximate surface area is 84.1 Å². The van der Waals surface area contributed by atoms with Crippen LogP contribution in [0.5, 0.6) is 0 Å². The van der Waals surface area contributed by atoms with Crippen molar-refractivity contribution in [2.45, 2.75) is 33.1 Å². The first kappa shape index (κ1) is 9.01. The SMILES string of the molecule is Cc1cc(Cl)c2c(n1)CCC(C)C2. The van der Waals surface area contributed by atoms with Gasteiger partial charge in [-0.3, -0.25) is 4.98 Å². The molecule has 0 amide bonds. The summed E-state index contributed by atoms with van der Waals surface area (Å²) in [5.74, 6) is 0.759. The minimum atomic E-state index is 0.759. The molecule has 1 nitrogen and oxygen atoms in total. The van der Waals surface area contributed by atoms with Crippen LogP contribution in [0.1, 0.15) is 30.3 Å². The van der Waals surface area contributed by atoms with E-state index in [-0.39, 0.29) is 0 Å². The van der Waals surface area contributed by atoms with Crippen LogP contribution >= 0.6 is 11.6 Å². The average molecular weight is 196 g/mol. The van der Waals surface area contributed by atoms with Crippen LogP contribution in [0.15, 0.2) is 6.07 Å². The molecule has 13 heavy (non-hydrogen) atoms. The largest absolute Gasteiger partial charge is 0.258 e. The lowest BCUT2D eigenvalue weighted by molar-refractivity contribution is 0.493. The lowest BCUT2D eigenvalue weighted by Crippen LogP contribution is -2.13. The Bertz CT molecular complexity index is 333. The predicted octanol–water partition coefficient (Wildman–Crippen LogP) is 3.17. The number of fused-ring (bicyclic) bond motifs is 1. The Kier molecular flexibility index (Phi) is 2.29. The van der Waals surface area contributed by atoms with Gasteiger partial charge < -0.3 is 0 Å². The number of aromatic nitrogens is 1. The van der Waals surface area contributed by atoms with E-state index in [2.05, 4.69) is 11.9 Å². The third kappa shape index (κ3) is 1.71. The van der Waals surface area contributed by atoms with Gasteiger partial charge in [0.15, 0.2) is 0 Å². The fourth-order valence-corrected chi connectivity index (χ4v) is 2.32. The molecule has 2 rings (SSSR count). The summed E-state index contributed by atoms with van der Waals surface area (Å²) in [6.07, 6.45) is 3.44. The van der Waals surface area contributed by atoms with E-state index >= 15 is 0 Å². The third-order valence-corrected chi connectivity index (χ3v) is 3.05. The molecule has 0 fully saturated rings. The van der Waals surface area contributed by atoms with Crippen molar-refractivity contribution in [2.75, 3.05) is 0 Å². The van der Waals surface area contributed by atoms with Crippen molar-refractivity contribution in [1.82, 2.24) is 4.98 Å². The summed E-state index contributed by atoms with van der Waals surface area (Å²) in [7, 11) is 0. The molecule has 1 unspecified atom stereocenters. The van der Waals surface area contributed by atoms with Gasteiger partial charge in [-0.1, -0.05) is 18.5 Å². The highest BCUT2D eigenvalue weighted by Crippen LogP contribution is 2.29. The molecule has 1 aromatic heterocycles. The molecule has 1 heterocycles. The van der Waals surface area contributed by atoms with Gasteiger partial charge in [0, 0.05) is 16.4 Å². The lowest BCUT2D eigenvalue weighted by Gasteiger charge is -2.21. The first-order valence-electron chi connectivity index (χ1n) is 4.81. The zero-order valence-corrected chi connectivity index (χ0v) is 8.86. The van der Waals surface area contributed by atoms with Crippen LogP contribution in [-0.4, -0.2) is 4.98 Å². The van der Waals surface area contributed by atoms with E-state index in [0.29, 0.717) is 0 Å². The molecule has 1 atom stereocenters. The maximum absolute atomic E-state index is 6.17. The van der Waals surface area contributed by atoms with Gasteiger partial charge >= 0.3 is 0 Å². The van der Waals surface area contributed by atoms with Crippen molar-refractivity contribution in [3.05, 3.63) is 28.0 Å². The number of rotatable bonds is 0. The van der Waals surface area contributed by atoms with Crippen molar-refractivity contribution in [3.8, 4) is 0 Å². The Balaban J connectivity index is 2.47. The zero-order valence-electron chi connectivity index (χ0n) is 8.10. The van der Waals surface area contributed by atoms with Crippen molar-refractivity contribution in [1.29, 1.82) is 0 Å². The number of hydrogen-bond donors (Lipinski definition) is 0. The molecule has 0 bridgehead atoms. The Hall–Kier alpha value is -0.560. The summed E-state index contributed by atoms with van der Waals surface area (Å²) < 4.78 is 0. The van der Waals surface area contributed by atoms with Crippen LogP contribution in [0.2, 0.25) is 5.02 Å². The van der Waals surface area contributed by atoms with Gasteiger partial charge in [0.25, 0.3) is 0 Å². The number of nitrogens with zero attached hydrogens (tertiary/aromatic N) is 1. The smallest absolute Gasteiger partial charge is 0.0474 e. The van der Waals surface area contributed by atoms with Crippen LogP contribution in [0.4, 0.5) is 0 Å².